The molecule has 0 saturated heterocycles. The zero-order valence-corrected chi connectivity index (χ0v) is 9.53. The molecule has 0 bridgehead atoms. The topological polar surface area (TPSA) is 55.8 Å². The summed E-state index contributed by atoms with van der Waals surface area (Å²) in [6.07, 6.45) is 0.640. The van der Waals surface area contributed by atoms with Crippen LogP contribution in [0.3, 0.4) is 0 Å². The lowest BCUT2D eigenvalue weighted by molar-refractivity contribution is -0.136. The highest BCUT2D eigenvalue weighted by molar-refractivity contribution is 5.67. The van der Waals surface area contributed by atoms with Crippen molar-refractivity contribution in [2.45, 2.75) is 19.4 Å². The second-order valence-electron chi connectivity index (χ2n) is 3.46. The number of hydrogen-bond donors (Lipinski definition) is 1. The van der Waals surface area contributed by atoms with E-state index in [9.17, 15) is 4.79 Å². The van der Waals surface area contributed by atoms with Gasteiger partial charge in [0.2, 0.25) is 0 Å². The van der Waals surface area contributed by atoms with Crippen LogP contribution in [0.15, 0.2) is 18.2 Å². The van der Waals surface area contributed by atoms with Gasteiger partial charge in [0.15, 0.2) is 0 Å². The number of carbonyl (C=O) groups is 1. The molecule has 0 aliphatic rings. The van der Waals surface area contributed by atoms with E-state index in [1.54, 1.807) is 14.2 Å². The first-order chi connectivity index (χ1) is 7.67. The van der Waals surface area contributed by atoms with E-state index in [0.717, 1.165) is 16.9 Å². The zero-order valence-electron chi connectivity index (χ0n) is 9.53. The fourth-order valence-electron chi connectivity index (χ4n) is 1.50. The van der Waals surface area contributed by atoms with Crippen LogP contribution >= 0.6 is 0 Å². The molecule has 1 aromatic carbocycles. The molecule has 0 amide bonds. The van der Waals surface area contributed by atoms with E-state index in [1.807, 2.05) is 18.2 Å². The molecule has 88 valence electrons. The van der Waals surface area contributed by atoms with Crippen LogP contribution in [-0.4, -0.2) is 25.3 Å². The van der Waals surface area contributed by atoms with Gasteiger partial charge < -0.3 is 14.6 Å². The molecule has 1 aromatic rings. The molecule has 4 heteroatoms. The Morgan fingerprint density at radius 1 is 1.31 bits per heavy atom. The van der Waals surface area contributed by atoms with Gasteiger partial charge in [0, 0.05) is 13.5 Å². The minimum atomic E-state index is -0.792. The molecular formula is C12H16O4. The Kier molecular flexibility index (Phi) is 4.79. The van der Waals surface area contributed by atoms with Crippen LogP contribution < -0.4 is 4.74 Å². The molecule has 0 atom stereocenters. The van der Waals surface area contributed by atoms with E-state index in [0.29, 0.717) is 13.0 Å². The summed E-state index contributed by atoms with van der Waals surface area (Å²) < 4.78 is 10.2. The van der Waals surface area contributed by atoms with Gasteiger partial charge in [-0.05, 0) is 29.7 Å². The normalized spacial score (nSPS) is 10.1. The van der Waals surface area contributed by atoms with E-state index >= 15 is 0 Å². The zero-order chi connectivity index (χ0) is 12.0. The van der Waals surface area contributed by atoms with Crippen molar-refractivity contribution in [3.8, 4) is 5.75 Å². The van der Waals surface area contributed by atoms with Crippen molar-refractivity contribution >= 4 is 5.97 Å². The molecule has 0 heterocycles. The van der Waals surface area contributed by atoms with E-state index in [4.69, 9.17) is 14.6 Å². The first kappa shape index (κ1) is 12.5. The monoisotopic (exact) mass is 224 g/mol. The van der Waals surface area contributed by atoms with E-state index in [-0.39, 0.29) is 6.42 Å². The Bertz CT molecular complexity index is 360. The van der Waals surface area contributed by atoms with E-state index in [2.05, 4.69) is 0 Å². The van der Waals surface area contributed by atoms with E-state index in [1.165, 1.54) is 0 Å². The molecule has 4 nitrogen and oxygen atoms in total. The number of methoxy groups -OCH3 is 2. The number of aryl methyl sites for hydroxylation is 1. The smallest absolute Gasteiger partial charge is 0.303 e. The van der Waals surface area contributed by atoms with Crippen molar-refractivity contribution in [2.24, 2.45) is 0 Å². The number of carboxylic acid groups (broad SMARTS) is 1. The summed E-state index contributed by atoms with van der Waals surface area (Å²) in [6.45, 7) is 0.464. The average Bonchev–Trinajstić information content (AvgIpc) is 2.27. The van der Waals surface area contributed by atoms with Crippen molar-refractivity contribution in [1.29, 1.82) is 0 Å². The van der Waals surface area contributed by atoms with Gasteiger partial charge >= 0.3 is 5.97 Å². The maximum absolute atomic E-state index is 10.5. The quantitative estimate of drug-likeness (QED) is 0.801. The first-order valence-electron chi connectivity index (χ1n) is 5.04. The fourth-order valence-corrected chi connectivity index (χ4v) is 1.50. The van der Waals surface area contributed by atoms with Crippen LogP contribution in [-0.2, 0) is 22.6 Å². The predicted molar refractivity (Wildman–Crippen MR) is 59.7 cm³/mol. The van der Waals surface area contributed by atoms with Crippen LogP contribution in [0.4, 0.5) is 0 Å². The van der Waals surface area contributed by atoms with Gasteiger partial charge in [-0.25, -0.2) is 0 Å². The molecule has 0 unspecified atom stereocenters. The van der Waals surface area contributed by atoms with Crippen molar-refractivity contribution in [2.75, 3.05) is 14.2 Å². The maximum atomic E-state index is 10.5. The second-order valence-corrected chi connectivity index (χ2v) is 3.46. The second kappa shape index (κ2) is 6.12. The molecule has 0 saturated carbocycles. The number of benzene rings is 1. The summed E-state index contributed by atoms with van der Waals surface area (Å²) in [6, 6.07) is 5.59. The van der Waals surface area contributed by atoms with Crippen LogP contribution in [0.25, 0.3) is 0 Å². The van der Waals surface area contributed by atoms with Gasteiger partial charge in [-0.1, -0.05) is 6.07 Å². The lowest BCUT2D eigenvalue weighted by Gasteiger charge is -2.10. The number of ether oxygens (including phenoxy) is 2. The molecular weight excluding hydrogens is 208 g/mol. The molecule has 16 heavy (non-hydrogen) atoms. The van der Waals surface area contributed by atoms with Gasteiger partial charge in [0.25, 0.3) is 0 Å². The average molecular weight is 224 g/mol. The van der Waals surface area contributed by atoms with Crippen LogP contribution in [0.1, 0.15) is 17.5 Å². The highest BCUT2D eigenvalue weighted by atomic mass is 16.5. The van der Waals surface area contributed by atoms with Gasteiger partial charge in [-0.2, -0.15) is 0 Å². The Labute approximate surface area is 94.8 Å². The van der Waals surface area contributed by atoms with Crippen molar-refractivity contribution in [3.05, 3.63) is 29.3 Å². The largest absolute Gasteiger partial charge is 0.497 e. The lowest BCUT2D eigenvalue weighted by Crippen LogP contribution is -2.02. The summed E-state index contributed by atoms with van der Waals surface area (Å²) in [4.78, 5) is 10.5. The first-order valence-corrected chi connectivity index (χ1v) is 5.04. The number of carboxylic acids is 1. The predicted octanol–water partition coefficient (Wildman–Crippen LogP) is 1.86. The summed E-state index contributed by atoms with van der Waals surface area (Å²) in [5.74, 6) is -0.0368. The highest BCUT2D eigenvalue weighted by Gasteiger charge is 2.06. The van der Waals surface area contributed by atoms with Gasteiger partial charge in [-0.15, -0.1) is 0 Å². The maximum Gasteiger partial charge on any atom is 0.303 e. The summed E-state index contributed by atoms with van der Waals surface area (Å²) in [7, 11) is 3.21. The Morgan fingerprint density at radius 2 is 2.06 bits per heavy atom. The Hall–Kier alpha value is -1.55. The van der Waals surface area contributed by atoms with E-state index < -0.39 is 5.97 Å². The third-order valence-electron chi connectivity index (χ3n) is 2.32. The van der Waals surface area contributed by atoms with Gasteiger partial charge in [0.05, 0.1) is 13.7 Å². The van der Waals surface area contributed by atoms with Crippen molar-refractivity contribution in [1.82, 2.24) is 0 Å². The fraction of sp³-hybridized carbons (Fsp3) is 0.417. The molecule has 1 rings (SSSR count). The summed E-state index contributed by atoms with van der Waals surface area (Å²) in [5.41, 5.74) is 1.97. The molecule has 0 aromatic heterocycles. The molecule has 0 aliphatic carbocycles. The van der Waals surface area contributed by atoms with Crippen molar-refractivity contribution in [3.63, 3.8) is 0 Å². The van der Waals surface area contributed by atoms with Crippen LogP contribution in [0.5, 0.6) is 5.75 Å². The standard InChI is InChI=1S/C12H16O4/c1-15-8-10-7-11(16-2)5-3-9(10)4-6-12(13)14/h3,5,7H,4,6,8H2,1-2H3,(H,13,14). The Morgan fingerprint density at radius 3 is 2.62 bits per heavy atom. The number of aliphatic carboxylic acids is 1. The lowest BCUT2D eigenvalue weighted by atomic mass is 10.0. The Balaban J connectivity index is 2.84. The number of rotatable bonds is 6. The molecule has 0 aliphatic heterocycles. The highest BCUT2D eigenvalue weighted by Crippen LogP contribution is 2.19. The van der Waals surface area contributed by atoms with Gasteiger partial charge in [-0.3, -0.25) is 4.79 Å². The summed E-state index contributed by atoms with van der Waals surface area (Å²) in [5, 5.41) is 8.64. The molecule has 0 fully saturated rings. The minimum Gasteiger partial charge on any atom is -0.497 e. The molecule has 1 N–H and O–H groups in total. The minimum absolute atomic E-state index is 0.128. The summed E-state index contributed by atoms with van der Waals surface area (Å²) >= 11 is 0. The van der Waals surface area contributed by atoms with Crippen LogP contribution in [0, 0.1) is 0 Å². The molecule has 0 spiro atoms. The van der Waals surface area contributed by atoms with Crippen LogP contribution in [0.2, 0.25) is 0 Å². The third-order valence-corrected chi connectivity index (χ3v) is 2.32. The third kappa shape index (κ3) is 3.55. The molecule has 0 radical (unpaired) electrons. The van der Waals surface area contributed by atoms with Crippen molar-refractivity contribution < 1.29 is 19.4 Å². The SMILES string of the molecule is COCc1cc(OC)ccc1CCC(=O)O. The number of hydrogen-bond acceptors (Lipinski definition) is 3. The van der Waals surface area contributed by atoms with Gasteiger partial charge in [0.1, 0.15) is 5.75 Å².